The molecule has 1 atom stereocenters. The molecule has 5 rings (SSSR count). The molecule has 2 heterocycles. The smallest absolute Gasteiger partial charge is 0.244 e. The summed E-state index contributed by atoms with van der Waals surface area (Å²) in [6.45, 7) is 8.92. The van der Waals surface area contributed by atoms with Crippen molar-refractivity contribution < 1.29 is 13.2 Å². The van der Waals surface area contributed by atoms with Crippen molar-refractivity contribution in [3.8, 4) is 0 Å². The Morgan fingerprint density at radius 1 is 0.895 bits per heavy atom. The summed E-state index contributed by atoms with van der Waals surface area (Å²) in [5.41, 5.74) is 3.30. The first-order valence-electron chi connectivity index (χ1n) is 13.2. The lowest BCUT2D eigenvalue weighted by atomic mass is 9.95. The lowest BCUT2D eigenvalue weighted by molar-refractivity contribution is -0.134. The number of carbonyl (C=O) groups excluding carboxylic acids is 1. The van der Waals surface area contributed by atoms with Crippen LogP contribution in [0.2, 0.25) is 0 Å². The molecular weight excluding hydrogens is 494 g/mol. The van der Waals surface area contributed by atoms with Gasteiger partial charge in [-0.25, -0.2) is 8.42 Å². The highest BCUT2D eigenvalue weighted by Gasteiger charge is 2.36. The van der Waals surface area contributed by atoms with E-state index < -0.39 is 10.0 Å². The Morgan fingerprint density at radius 2 is 1.61 bits per heavy atom. The van der Waals surface area contributed by atoms with Crippen LogP contribution in [0.25, 0.3) is 10.8 Å². The Morgan fingerprint density at radius 3 is 2.32 bits per heavy atom. The van der Waals surface area contributed by atoms with Crippen LogP contribution in [0, 0.1) is 0 Å². The van der Waals surface area contributed by atoms with Gasteiger partial charge in [-0.05, 0) is 54.5 Å². The number of carbonyl (C=O) groups is 1. The molecule has 0 fully saturated rings. The van der Waals surface area contributed by atoms with Crippen molar-refractivity contribution in [2.24, 2.45) is 0 Å². The van der Waals surface area contributed by atoms with Crippen molar-refractivity contribution in [3.05, 3.63) is 102 Å². The summed E-state index contributed by atoms with van der Waals surface area (Å²) in [7, 11) is -3.93. The van der Waals surface area contributed by atoms with E-state index in [4.69, 9.17) is 0 Å². The van der Waals surface area contributed by atoms with Gasteiger partial charge in [-0.3, -0.25) is 4.79 Å². The van der Waals surface area contributed by atoms with E-state index in [1.807, 2.05) is 67.4 Å². The van der Waals surface area contributed by atoms with Gasteiger partial charge in [-0.1, -0.05) is 74.5 Å². The first-order chi connectivity index (χ1) is 18.2. The fourth-order valence-electron chi connectivity index (χ4n) is 5.38. The second-order valence-corrected chi connectivity index (χ2v) is 12.4. The zero-order chi connectivity index (χ0) is 27.0. The van der Waals surface area contributed by atoms with Gasteiger partial charge in [0.25, 0.3) is 0 Å². The van der Waals surface area contributed by atoms with Gasteiger partial charge >= 0.3 is 0 Å². The Balaban J connectivity index is 1.49. The summed E-state index contributed by atoms with van der Waals surface area (Å²) in [5.74, 6) is 0.212. The number of amides is 1. The average Bonchev–Trinajstić information content (AvgIpc) is 3.39. The fourth-order valence-corrected chi connectivity index (χ4v) is 7.18. The largest absolute Gasteiger partial charge is 0.348 e. The molecule has 38 heavy (non-hydrogen) atoms. The molecule has 0 radical (unpaired) electrons. The molecule has 1 unspecified atom stereocenters. The molecule has 4 aromatic rings. The first kappa shape index (κ1) is 26.2. The number of rotatable bonds is 7. The number of sulfonamides is 1. The summed E-state index contributed by atoms with van der Waals surface area (Å²) in [6, 6.07) is 24.5. The Hall–Kier alpha value is -3.42. The van der Waals surface area contributed by atoms with E-state index in [0.29, 0.717) is 24.4 Å². The van der Waals surface area contributed by atoms with Crippen LogP contribution in [-0.2, 0) is 21.4 Å². The van der Waals surface area contributed by atoms with Gasteiger partial charge in [-0.2, -0.15) is 4.31 Å². The molecule has 198 valence electrons. The van der Waals surface area contributed by atoms with Crippen LogP contribution in [0.1, 0.15) is 56.5 Å². The molecule has 1 aromatic heterocycles. The van der Waals surface area contributed by atoms with Crippen LogP contribution in [-0.4, -0.2) is 47.2 Å². The van der Waals surface area contributed by atoms with E-state index >= 15 is 0 Å². The molecule has 1 aliphatic heterocycles. The number of aromatic nitrogens is 1. The van der Waals surface area contributed by atoms with Crippen LogP contribution in [0.15, 0.2) is 90.0 Å². The number of fused-ring (bicyclic) bond motifs is 2. The van der Waals surface area contributed by atoms with E-state index in [9.17, 15) is 13.2 Å². The molecule has 0 bridgehead atoms. The SMILES string of the molecule is CC(C)c1ccc(C2c3cccn3CCN2C(=O)CN(C(C)C)S(=O)(=O)c2cccc3ccccc23)cc1. The summed E-state index contributed by atoms with van der Waals surface area (Å²) < 4.78 is 31.4. The minimum Gasteiger partial charge on any atom is -0.348 e. The van der Waals surface area contributed by atoms with Crippen molar-refractivity contribution in [2.75, 3.05) is 13.1 Å². The van der Waals surface area contributed by atoms with Gasteiger partial charge in [0.15, 0.2) is 0 Å². The Kier molecular flexibility index (Phi) is 7.16. The lowest BCUT2D eigenvalue weighted by Gasteiger charge is -2.39. The second kappa shape index (κ2) is 10.4. The summed E-state index contributed by atoms with van der Waals surface area (Å²) in [6.07, 6.45) is 2.04. The van der Waals surface area contributed by atoms with E-state index in [1.165, 1.54) is 9.87 Å². The number of nitrogens with zero attached hydrogens (tertiary/aromatic N) is 3. The summed E-state index contributed by atoms with van der Waals surface area (Å²) >= 11 is 0. The van der Waals surface area contributed by atoms with Crippen molar-refractivity contribution >= 4 is 26.7 Å². The normalized spacial score (nSPS) is 16.0. The Bertz CT molecular complexity index is 1550. The average molecular weight is 530 g/mol. The topological polar surface area (TPSA) is 62.6 Å². The predicted octanol–water partition coefficient (Wildman–Crippen LogP) is 5.80. The monoisotopic (exact) mass is 529 g/mol. The number of hydrogen-bond donors (Lipinski definition) is 0. The van der Waals surface area contributed by atoms with Crippen LogP contribution < -0.4 is 0 Å². The quantitative estimate of drug-likeness (QED) is 0.304. The maximum Gasteiger partial charge on any atom is 0.244 e. The second-order valence-electron chi connectivity index (χ2n) is 10.6. The Labute approximate surface area is 225 Å². The molecule has 0 saturated carbocycles. The summed E-state index contributed by atoms with van der Waals surface area (Å²) in [5, 5.41) is 1.51. The van der Waals surface area contributed by atoms with E-state index in [2.05, 4.69) is 42.7 Å². The number of hydrogen-bond acceptors (Lipinski definition) is 3. The van der Waals surface area contributed by atoms with Crippen LogP contribution in [0.4, 0.5) is 0 Å². The van der Waals surface area contributed by atoms with Gasteiger partial charge in [0, 0.05) is 36.4 Å². The lowest BCUT2D eigenvalue weighted by Crippen LogP contribution is -2.49. The highest BCUT2D eigenvalue weighted by molar-refractivity contribution is 7.89. The third-order valence-electron chi connectivity index (χ3n) is 7.48. The maximum atomic E-state index is 14.0. The molecule has 0 saturated heterocycles. The highest BCUT2D eigenvalue weighted by atomic mass is 32.2. The van der Waals surface area contributed by atoms with E-state index in [1.54, 1.807) is 12.1 Å². The van der Waals surface area contributed by atoms with Crippen molar-refractivity contribution in [1.82, 2.24) is 13.8 Å². The van der Waals surface area contributed by atoms with Crippen molar-refractivity contribution in [3.63, 3.8) is 0 Å². The maximum absolute atomic E-state index is 14.0. The van der Waals surface area contributed by atoms with E-state index in [0.717, 1.165) is 16.6 Å². The van der Waals surface area contributed by atoms with Crippen LogP contribution in [0.3, 0.4) is 0 Å². The molecule has 3 aromatic carbocycles. The predicted molar refractivity (Wildman–Crippen MR) is 151 cm³/mol. The molecular formula is C31H35N3O3S. The molecule has 7 heteroatoms. The molecule has 1 amide bonds. The van der Waals surface area contributed by atoms with Crippen molar-refractivity contribution in [2.45, 2.75) is 57.1 Å². The molecule has 0 spiro atoms. The standard InChI is InChI=1S/C31H35N3O3S/c1-22(2)24-14-16-26(17-15-24)31-28-12-8-18-32(28)19-20-33(31)30(35)21-34(23(3)4)38(36,37)29-13-7-10-25-9-5-6-11-27(25)29/h5-18,22-23,31H,19-21H2,1-4H3. The van der Waals surface area contributed by atoms with Gasteiger partial charge < -0.3 is 9.47 Å². The first-order valence-corrected chi connectivity index (χ1v) is 14.7. The third kappa shape index (κ3) is 4.76. The molecule has 0 aliphatic carbocycles. The van der Waals surface area contributed by atoms with Gasteiger partial charge in [0.2, 0.25) is 15.9 Å². The minimum absolute atomic E-state index is 0.201. The van der Waals surface area contributed by atoms with E-state index in [-0.39, 0.29) is 29.4 Å². The van der Waals surface area contributed by atoms with Crippen LogP contribution in [0.5, 0.6) is 0 Å². The zero-order valence-corrected chi connectivity index (χ0v) is 23.2. The minimum atomic E-state index is -3.93. The molecule has 6 nitrogen and oxygen atoms in total. The molecule has 1 aliphatic rings. The zero-order valence-electron chi connectivity index (χ0n) is 22.4. The van der Waals surface area contributed by atoms with Crippen LogP contribution >= 0.6 is 0 Å². The molecule has 0 N–H and O–H groups in total. The summed E-state index contributed by atoms with van der Waals surface area (Å²) in [4.78, 5) is 16.0. The highest BCUT2D eigenvalue weighted by Crippen LogP contribution is 2.34. The van der Waals surface area contributed by atoms with Gasteiger partial charge in [-0.15, -0.1) is 0 Å². The van der Waals surface area contributed by atoms with Gasteiger partial charge in [0.05, 0.1) is 17.5 Å². The van der Waals surface area contributed by atoms with Gasteiger partial charge in [0.1, 0.15) is 0 Å². The van der Waals surface area contributed by atoms with Crippen molar-refractivity contribution in [1.29, 1.82) is 0 Å². The fraction of sp³-hybridized carbons (Fsp3) is 0.323. The number of benzene rings is 3. The third-order valence-corrected chi connectivity index (χ3v) is 9.56.